The molecule has 1 unspecified atom stereocenters. The predicted octanol–water partition coefficient (Wildman–Crippen LogP) is 4.29. The number of nitrogens with zero attached hydrogens (tertiary/aromatic N) is 4. The molecular weight excluding hydrogens is 405 g/mol. The molecule has 3 aromatic rings. The highest BCUT2D eigenvalue weighted by molar-refractivity contribution is 5.87. The third kappa shape index (κ3) is 4.01. The molecule has 5 rings (SSSR count). The van der Waals surface area contributed by atoms with Gasteiger partial charge in [0.2, 0.25) is 5.91 Å². The standard InChI is InChI=1S/C25H30FN5O/c1-16-27-13-23(30(16)2)18-8-9-19-12-28-22(11-20(19)10-18)24(31-14-21(26)15-31)29-25(32)17-6-4-3-5-7-17/h8-13,17,21,24H,3-7,14-15H2,1-2H3,(H,29,32). The Morgan fingerprint density at radius 3 is 2.56 bits per heavy atom. The molecule has 6 nitrogen and oxygen atoms in total. The minimum absolute atomic E-state index is 0.0499. The molecule has 1 amide bonds. The number of pyridine rings is 1. The maximum Gasteiger partial charge on any atom is 0.224 e. The Morgan fingerprint density at radius 1 is 1.09 bits per heavy atom. The number of hydrogen-bond acceptors (Lipinski definition) is 4. The first-order valence-corrected chi connectivity index (χ1v) is 11.6. The van der Waals surface area contributed by atoms with Crippen molar-refractivity contribution in [3.63, 3.8) is 0 Å². The molecule has 1 atom stereocenters. The number of likely N-dealkylation sites (tertiary alicyclic amines) is 1. The van der Waals surface area contributed by atoms with E-state index in [4.69, 9.17) is 0 Å². The number of alkyl halides is 1. The molecule has 2 fully saturated rings. The SMILES string of the molecule is Cc1ncc(-c2ccc3cnc(C(NC(=O)C4CCCCC4)N4CC(F)C4)cc3c2)n1C. The molecule has 7 heteroatoms. The van der Waals surface area contributed by atoms with Crippen molar-refractivity contribution in [2.45, 2.75) is 51.4 Å². The quantitative estimate of drug-likeness (QED) is 0.649. The highest BCUT2D eigenvalue weighted by Crippen LogP contribution is 2.30. The number of carbonyl (C=O) groups is 1. The smallest absolute Gasteiger partial charge is 0.224 e. The Bertz CT molecular complexity index is 1130. The van der Waals surface area contributed by atoms with E-state index in [0.717, 1.165) is 59.2 Å². The fourth-order valence-corrected chi connectivity index (χ4v) is 4.87. The van der Waals surface area contributed by atoms with Crippen LogP contribution in [0.1, 0.15) is 49.8 Å². The minimum atomic E-state index is -0.843. The molecule has 1 aromatic carbocycles. The fourth-order valence-electron chi connectivity index (χ4n) is 4.87. The van der Waals surface area contributed by atoms with Gasteiger partial charge in [-0.05, 0) is 37.3 Å². The summed E-state index contributed by atoms with van der Waals surface area (Å²) < 4.78 is 15.8. The zero-order chi connectivity index (χ0) is 22.2. The molecule has 2 aromatic heterocycles. The lowest BCUT2D eigenvalue weighted by molar-refractivity contribution is -0.129. The molecule has 0 spiro atoms. The number of aryl methyl sites for hydroxylation is 1. The van der Waals surface area contributed by atoms with Gasteiger partial charge in [-0.1, -0.05) is 31.4 Å². The molecule has 1 N–H and O–H groups in total. The number of carbonyl (C=O) groups excluding carboxylic acids is 1. The van der Waals surface area contributed by atoms with Gasteiger partial charge < -0.3 is 9.88 Å². The van der Waals surface area contributed by atoms with Gasteiger partial charge in [-0.3, -0.25) is 14.7 Å². The normalized spacial score (nSPS) is 19.1. The van der Waals surface area contributed by atoms with E-state index >= 15 is 0 Å². The zero-order valence-electron chi connectivity index (χ0n) is 18.7. The average molecular weight is 436 g/mol. The second kappa shape index (κ2) is 8.62. The van der Waals surface area contributed by atoms with Crippen LogP contribution in [0.15, 0.2) is 36.7 Å². The van der Waals surface area contributed by atoms with Gasteiger partial charge in [-0.2, -0.15) is 0 Å². The fraction of sp³-hybridized carbons (Fsp3) is 0.480. The second-order valence-electron chi connectivity index (χ2n) is 9.22. The first-order chi connectivity index (χ1) is 15.5. The summed E-state index contributed by atoms with van der Waals surface area (Å²) >= 11 is 0. The molecular formula is C25H30FN5O. The van der Waals surface area contributed by atoms with E-state index in [-0.39, 0.29) is 11.8 Å². The summed E-state index contributed by atoms with van der Waals surface area (Å²) in [4.78, 5) is 24.0. The monoisotopic (exact) mass is 435 g/mol. The van der Waals surface area contributed by atoms with Crippen LogP contribution in [0, 0.1) is 12.8 Å². The number of fused-ring (bicyclic) bond motifs is 1. The van der Waals surface area contributed by atoms with Crippen molar-refractivity contribution in [1.82, 2.24) is 24.8 Å². The largest absolute Gasteiger partial charge is 0.335 e. The van der Waals surface area contributed by atoms with Crippen LogP contribution in [-0.2, 0) is 11.8 Å². The Balaban J connectivity index is 1.46. The molecule has 1 aliphatic heterocycles. The third-order valence-corrected chi connectivity index (χ3v) is 7.02. The molecule has 168 valence electrons. The number of rotatable bonds is 5. The van der Waals surface area contributed by atoms with E-state index in [1.54, 1.807) is 0 Å². The molecule has 32 heavy (non-hydrogen) atoms. The molecule has 0 radical (unpaired) electrons. The zero-order valence-corrected chi connectivity index (χ0v) is 18.7. The summed E-state index contributed by atoms with van der Waals surface area (Å²) in [6.07, 6.45) is 7.75. The van der Waals surface area contributed by atoms with Crippen LogP contribution in [0.25, 0.3) is 22.0 Å². The number of aromatic nitrogens is 3. The van der Waals surface area contributed by atoms with Crippen LogP contribution in [0.2, 0.25) is 0 Å². The summed E-state index contributed by atoms with van der Waals surface area (Å²) in [5.41, 5.74) is 2.88. The van der Waals surface area contributed by atoms with Gasteiger partial charge in [0, 0.05) is 43.2 Å². The first-order valence-electron chi connectivity index (χ1n) is 11.6. The maximum absolute atomic E-state index is 13.7. The number of imidazole rings is 1. The third-order valence-electron chi connectivity index (χ3n) is 7.02. The predicted molar refractivity (Wildman–Crippen MR) is 123 cm³/mol. The van der Waals surface area contributed by atoms with E-state index < -0.39 is 12.3 Å². The highest BCUT2D eigenvalue weighted by Gasteiger charge is 2.36. The van der Waals surface area contributed by atoms with Gasteiger partial charge in [0.15, 0.2) is 0 Å². The van der Waals surface area contributed by atoms with Gasteiger partial charge >= 0.3 is 0 Å². The number of hydrogen-bond donors (Lipinski definition) is 1. The van der Waals surface area contributed by atoms with Crippen LogP contribution >= 0.6 is 0 Å². The topological polar surface area (TPSA) is 63.1 Å². The number of halogens is 1. The lowest BCUT2D eigenvalue weighted by Crippen LogP contribution is -2.55. The highest BCUT2D eigenvalue weighted by atomic mass is 19.1. The van der Waals surface area contributed by atoms with Gasteiger partial charge in [0.25, 0.3) is 0 Å². The van der Waals surface area contributed by atoms with E-state index in [2.05, 4.69) is 38.1 Å². The van der Waals surface area contributed by atoms with Crippen LogP contribution < -0.4 is 5.32 Å². The summed E-state index contributed by atoms with van der Waals surface area (Å²) in [5.74, 6) is 1.08. The molecule has 1 saturated heterocycles. The van der Waals surface area contributed by atoms with Crippen LogP contribution in [0.5, 0.6) is 0 Å². The molecule has 0 bridgehead atoms. The van der Waals surface area contributed by atoms with Crippen LogP contribution in [0.4, 0.5) is 4.39 Å². The lowest BCUT2D eigenvalue weighted by atomic mass is 9.88. The van der Waals surface area contributed by atoms with Crippen molar-refractivity contribution in [2.75, 3.05) is 13.1 Å². The summed E-state index contributed by atoms with van der Waals surface area (Å²) in [7, 11) is 2.01. The van der Waals surface area contributed by atoms with Crippen molar-refractivity contribution in [1.29, 1.82) is 0 Å². The van der Waals surface area contributed by atoms with Gasteiger partial charge in [-0.25, -0.2) is 9.37 Å². The Hall–Kier alpha value is -2.80. The Labute approximate surface area is 187 Å². The molecule has 1 aliphatic carbocycles. The van der Waals surface area contributed by atoms with Gasteiger partial charge in [0.05, 0.1) is 17.6 Å². The first kappa shape index (κ1) is 21.1. The molecule has 3 heterocycles. The summed E-state index contributed by atoms with van der Waals surface area (Å²) in [6.45, 7) is 2.63. The van der Waals surface area contributed by atoms with Crippen molar-refractivity contribution in [3.05, 3.63) is 48.2 Å². The van der Waals surface area contributed by atoms with E-state index in [1.165, 1.54) is 6.42 Å². The van der Waals surface area contributed by atoms with Gasteiger partial charge in [0.1, 0.15) is 18.2 Å². The average Bonchev–Trinajstić information content (AvgIpc) is 3.13. The number of amides is 1. The minimum Gasteiger partial charge on any atom is -0.335 e. The number of benzene rings is 1. The van der Waals surface area contributed by atoms with Crippen molar-refractivity contribution >= 4 is 16.7 Å². The molecule has 2 aliphatic rings. The maximum atomic E-state index is 13.7. The number of nitrogens with one attached hydrogen (secondary N) is 1. The van der Waals surface area contributed by atoms with Crippen LogP contribution in [0.3, 0.4) is 0 Å². The lowest BCUT2D eigenvalue weighted by Gasteiger charge is -2.41. The second-order valence-corrected chi connectivity index (χ2v) is 9.22. The Morgan fingerprint density at radius 2 is 1.88 bits per heavy atom. The summed E-state index contributed by atoms with van der Waals surface area (Å²) in [5, 5.41) is 5.26. The van der Waals surface area contributed by atoms with Crippen molar-refractivity contribution in [2.24, 2.45) is 13.0 Å². The van der Waals surface area contributed by atoms with Gasteiger partial charge in [-0.15, -0.1) is 0 Å². The van der Waals surface area contributed by atoms with E-state index in [9.17, 15) is 9.18 Å². The Kier molecular flexibility index (Phi) is 5.67. The summed E-state index contributed by atoms with van der Waals surface area (Å²) in [6, 6.07) is 8.29. The van der Waals surface area contributed by atoms with Crippen molar-refractivity contribution < 1.29 is 9.18 Å². The van der Waals surface area contributed by atoms with Crippen LogP contribution in [-0.4, -0.2) is 44.6 Å². The molecule has 1 saturated carbocycles. The van der Waals surface area contributed by atoms with E-state index in [1.807, 2.05) is 37.3 Å². The van der Waals surface area contributed by atoms with E-state index in [0.29, 0.717) is 13.1 Å². The van der Waals surface area contributed by atoms with Crippen molar-refractivity contribution in [3.8, 4) is 11.3 Å².